The standard InChI is InChI=1S/C13H22N4/c1-10(14)13-5-3-4-8-17(13)9-12-6-7-15-11(2)16-12/h6-7,10,13H,3-5,8-9,14H2,1-2H3. The topological polar surface area (TPSA) is 55.0 Å². The fourth-order valence-corrected chi connectivity index (χ4v) is 2.61. The molecule has 1 aliphatic rings. The van der Waals surface area contributed by atoms with Crippen LogP contribution in [0.3, 0.4) is 0 Å². The molecule has 2 rings (SSSR count). The number of likely N-dealkylation sites (tertiary alicyclic amines) is 1. The molecule has 0 radical (unpaired) electrons. The van der Waals surface area contributed by atoms with Crippen LogP contribution in [0.15, 0.2) is 12.3 Å². The second kappa shape index (κ2) is 5.56. The van der Waals surface area contributed by atoms with E-state index in [1.54, 1.807) is 0 Å². The maximum Gasteiger partial charge on any atom is 0.125 e. The van der Waals surface area contributed by atoms with E-state index >= 15 is 0 Å². The third-order valence-corrected chi connectivity index (χ3v) is 3.47. The van der Waals surface area contributed by atoms with Crippen LogP contribution in [0.5, 0.6) is 0 Å². The lowest BCUT2D eigenvalue weighted by Crippen LogP contribution is -2.48. The molecule has 0 amide bonds. The molecule has 2 N–H and O–H groups in total. The second-order valence-corrected chi connectivity index (χ2v) is 4.99. The van der Waals surface area contributed by atoms with E-state index in [0.29, 0.717) is 6.04 Å². The number of piperidine rings is 1. The summed E-state index contributed by atoms with van der Waals surface area (Å²) in [6.45, 7) is 6.07. The lowest BCUT2D eigenvalue weighted by molar-refractivity contribution is 0.121. The van der Waals surface area contributed by atoms with Gasteiger partial charge in [0.25, 0.3) is 0 Å². The summed E-state index contributed by atoms with van der Waals surface area (Å²) in [7, 11) is 0. The summed E-state index contributed by atoms with van der Waals surface area (Å²) in [5.41, 5.74) is 7.17. The highest BCUT2D eigenvalue weighted by Gasteiger charge is 2.25. The van der Waals surface area contributed by atoms with Gasteiger partial charge in [-0.15, -0.1) is 0 Å². The summed E-state index contributed by atoms with van der Waals surface area (Å²) in [4.78, 5) is 11.1. The van der Waals surface area contributed by atoms with Crippen molar-refractivity contribution in [2.45, 2.75) is 51.7 Å². The number of rotatable bonds is 3. The summed E-state index contributed by atoms with van der Waals surface area (Å²) in [6.07, 6.45) is 5.61. The largest absolute Gasteiger partial charge is 0.327 e. The van der Waals surface area contributed by atoms with Gasteiger partial charge in [-0.25, -0.2) is 9.97 Å². The van der Waals surface area contributed by atoms with E-state index in [2.05, 4.69) is 21.8 Å². The Hall–Kier alpha value is -1.00. The molecular formula is C13H22N4. The molecule has 94 valence electrons. The third kappa shape index (κ3) is 3.23. The molecule has 0 bridgehead atoms. The molecule has 4 heteroatoms. The molecule has 0 saturated carbocycles. The first-order valence-electron chi connectivity index (χ1n) is 6.45. The number of hydrogen-bond donors (Lipinski definition) is 1. The summed E-state index contributed by atoms with van der Waals surface area (Å²) >= 11 is 0. The van der Waals surface area contributed by atoms with Crippen molar-refractivity contribution in [3.8, 4) is 0 Å². The normalized spacial score (nSPS) is 23.6. The van der Waals surface area contributed by atoms with Gasteiger partial charge < -0.3 is 5.73 Å². The van der Waals surface area contributed by atoms with Crippen molar-refractivity contribution < 1.29 is 0 Å². The van der Waals surface area contributed by atoms with Gasteiger partial charge >= 0.3 is 0 Å². The summed E-state index contributed by atoms with van der Waals surface area (Å²) < 4.78 is 0. The van der Waals surface area contributed by atoms with Crippen LogP contribution in [0, 0.1) is 6.92 Å². The van der Waals surface area contributed by atoms with Crippen molar-refractivity contribution in [2.75, 3.05) is 6.54 Å². The lowest BCUT2D eigenvalue weighted by atomic mass is 9.97. The molecule has 1 fully saturated rings. The second-order valence-electron chi connectivity index (χ2n) is 4.99. The van der Waals surface area contributed by atoms with Crippen LogP contribution >= 0.6 is 0 Å². The van der Waals surface area contributed by atoms with Gasteiger partial charge in [0.05, 0.1) is 5.69 Å². The minimum absolute atomic E-state index is 0.234. The number of aryl methyl sites for hydroxylation is 1. The predicted molar refractivity (Wildman–Crippen MR) is 68.5 cm³/mol. The molecule has 1 aliphatic heterocycles. The lowest BCUT2D eigenvalue weighted by Gasteiger charge is -2.37. The van der Waals surface area contributed by atoms with Gasteiger partial charge in [-0.1, -0.05) is 6.42 Å². The molecule has 0 aromatic carbocycles. The molecule has 1 aromatic rings. The Bertz CT molecular complexity index is 364. The molecule has 4 nitrogen and oxygen atoms in total. The fourth-order valence-electron chi connectivity index (χ4n) is 2.61. The summed E-state index contributed by atoms with van der Waals surface area (Å²) in [6, 6.07) is 2.73. The van der Waals surface area contributed by atoms with Crippen molar-refractivity contribution in [1.82, 2.24) is 14.9 Å². The number of nitrogens with zero attached hydrogens (tertiary/aromatic N) is 3. The van der Waals surface area contributed by atoms with Crippen LogP contribution in [-0.4, -0.2) is 33.5 Å². The zero-order valence-electron chi connectivity index (χ0n) is 10.8. The van der Waals surface area contributed by atoms with Crippen LogP contribution in [0.4, 0.5) is 0 Å². The SMILES string of the molecule is Cc1nccc(CN2CCCCC2C(C)N)n1. The van der Waals surface area contributed by atoms with E-state index in [9.17, 15) is 0 Å². The summed E-state index contributed by atoms with van der Waals surface area (Å²) in [5, 5.41) is 0. The van der Waals surface area contributed by atoms with Crippen molar-refractivity contribution in [3.63, 3.8) is 0 Å². The monoisotopic (exact) mass is 234 g/mol. The highest BCUT2D eigenvalue weighted by molar-refractivity contribution is 5.02. The van der Waals surface area contributed by atoms with E-state index < -0.39 is 0 Å². The van der Waals surface area contributed by atoms with E-state index in [1.165, 1.54) is 19.3 Å². The minimum atomic E-state index is 0.234. The van der Waals surface area contributed by atoms with Crippen LogP contribution in [-0.2, 0) is 6.54 Å². The van der Waals surface area contributed by atoms with Crippen molar-refractivity contribution in [3.05, 3.63) is 23.8 Å². The first-order valence-corrected chi connectivity index (χ1v) is 6.45. The van der Waals surface area contributed by atoms with Crippen molar-refractivity contribution in [1.29, 1.82) is 0 Å². The molecule has 2 atom stereocenters. The zero-order chi connectivity index (χ0) is 12.3. The van der Waals surface area contributed by atoms with E-state index in [0.717, 1.165) is 24.6 Å². The molecule has 0 aliphatic carbocycles. The Morgan fingerprint density at radius 3 is 3.06 bits per heavy atom. The molecule has 1 aromatic heterocycles. The van der Waals surface area contributed by atoms with Gasteiger partial charge in [0, 0.05) is 24.8 Å². The van der Waals surface area contributed by atoms with Gasteiger partial charge in [0.1, 0.15) is 5.82 Å². The summed E-state index contributed by atoms with van der Waals surface area (Å²) in [5.74, 6) is 0.844. The number of nitrogens with two attached hydrogens (primary N) is 1. The van der Waals surface area contributed by atoms with Gasteiger partial charge in [0.15, 0.2) is 0 Å². The average Bonchev–Trinajstić information content (AvgIpc) is 2.29. The Labute approximate surface area is 103 Å². The Morgan fingerprint density at radius 1 is 1.53 bits per heavy atom. The number of aromatic nitrogens is 2. The minimum Gasteiger partial charge on any atom is -0.327 e. The zero-order valence-corrected chi connectivity index (χ0v) is 10.8. The molecule has 17 heavy (non-hydrogen) atoms. The smallest absolute Gasteiger partial charge is 0.125 e. The molecular weight excluding hydrogens is 212 g/mol. The predicted octanol–water partition coefficient (Wildman–Crippen LogP) is 1.49. The number of hydrogen-bond acceptors (Lipinski definition) is 4. The van der Waals surface area contributed by atoms with Crippen LogP contribution < -0.4 is 5.73 Å². The third-order valence-electron chi connectivity index (χ3n) is 3.47. The molecule has 2 heterocycles. The average molecular weight is 234 g/mol. The molecule has 2 unspecified atom stereocenters. The van der Waals surface area contributed by atoms with Gasteiger partial charge in [-0.05, 0) is 39.3 Å². The van der Waals surface area contributed by atoms with E-state index in [1.807, 2.05) is 19.2 Å². The highest BCUT2D eigenvalue weighted by Crippen LogP contribution is 2.20. The van der Waals surface area contributed by atoms with Crippen LogP contribution in [0.2, 0.25) is 0 Å². The van der Waals surface area contributed by atoms with Crippen LogP contribution in [0.1, 0.15) is 37.7 Å². The maximum absolute atomic E-state index is 6.07. The van der Waals surface area contributed by atoms with E-state index in [-0.39, 0.29) is 6.04 Å². The fraction of sp³-hybridized carbons (Fsp3) is 0.692. The quantitative estimate of drug-likeness (QED) is 0.861. The van der Waals surface area contributed by atoms with Crippen molar-refractivity contribution in [2.24, 2.45) is 5.73 Å². The van der Waals surface area contributed by atoms with Gasteiger partial charge in [-0.2, -0.15) is 0 Å². The Morgan fingerprint density at radius 2 is 2.35 bits per heavy atom. The Kier molecular flexibility index (Phi) is 4.07. The van der Waals surface area contributed by atoms with Gasteiger partial charge in [-0.3, -0.25) is 4.90 Å². The maximum atomic E-state index is 6.07. The van der Waals surface area contributed by atoms with Crippen LogP contribution in [0.25, 0.3) is 0 Å². The van der Waals surface area contributed by atoms with Gasteiger partial charge in [0.2, 0.25) is 0 Å². The molecule has 0 spiro atoms. The van der Waals surface area contributed by atoms with Crippen molar-refractivity contribution >= 4 is 0 Å². The highest BCUT2D eigenvalue weighted by atomic mass is 15.2. The Balaban J connectivity index is 2.05. The van der Waals surface area contributed by atoms with E-state index in [4.69, 9.17) is 5.73 Å². The molecule has 1 saturated heterocycles. The first kappa shape index (κ1) is 12.5. The first-order chi connectivity index (χ1) is 8.16.